The summed E-state index contributed by atoms with van der Waals surface area (Å²) in [5.74, 6) is -0.753. The van der Waals surface area contributed by atoms with Gasteiger partial charge in [-0.15, -0.1) is 0 Å². The van der Waals surface area contributed by atoms with Gasteiger partial charge < -0.3 is 5.32 Å². The van der Waals surface area contributed by atoms with Crippen molar-refractivity contribution in [1.29, 1.82) is 0 Å². The SMILES string of the molecule is CC[C@@]1(c2ccc(F)cc2)NC(=O)N(Cc2ccccc2Cl)C1=O. The van der Waals surface area contributed by atoms with E-state index in [0.717, 1.165) is 4.90 Å². The molecule has 1 N–H and O–H groups in total. The molecule has 124 valence electrons. The second kappa shape index (κ2) is 6.24. The third kappa shape index (κ3) is 2.65. The maximum absolute atomic E-state index is 13.2. The number of urea groups is 1. The third-order valence-electron chi connectivity index (χ3n) is 4.33. The predicted octanol–water partition coefficient (Wildman–Crippen LogP) is 3.84. The van der Waals surface area contributed by atoms with Gasteiger partial charge in [0.1, 0.15) is 11.4 Å². The van der Waals surface area contributed by atoms with Gasteiger partial charge >= 0.3 is 6.03 Å². The quantitative estimate of drug-likeness (QED) is 0.855. The molecule has 6 heteroatoms. The Morgan fingerprint density at radius 3 is 2.42 bits per heavy atom. The third-order valence-corrected chi connectivity index (χ3v) is 4.70. The number of rotatable bonds is 4. The van der Waals surface area contributed by atoms with Gasteiger partial charge in [-0.3, -0.25) is 9.69 Å². The van der Waals surface area contributed by atoms with Crippen LogP contribution in [0.1, 0.15) is 24.5 Å². The molecule has 1 aliphatic rings. The lowest BCUT2D eigenvalue weighted by Gasteiger charge is -2.25. The molecule has 1 aliphatic heterocycles. The van der Waals surface area contributed by atoms with Gasteiger partial charge in [0.2, 0.25) is 0 Å². The Morgan fingerprint density at radius 2 is 1.79 bits per heavy atom. The van der Waals surface area contributed by atoms with E-state index in [1.807, 2.05) is 0 Å². The Balaban J connectivity index is 1.95. The second-order valence-electron chi connectivity index (χ2n) is 5.68. The number of nitrogens with zero attached hydrogens (tertiary/aromatic N) is 1. The van der Waals surface area contributed by atoms with Crippen LogP contribution in [0.25, 0.3) is 0 Å². The number of imide groups is 1. The summed E-state index contributed by atoms with van der Waals surface area (Å²) in [5, 5.41) is 3.26. The topological polar surface area (TPSA) is 49.4 Å². The zero-order valence-corrected chi connectivity index (χ0v) is 13.8. The van der Waals surface area contributed by atoms with E-state index in [9.17, 15) is 14.0 Å². The summed E-state index contributed by atoms with van der Waals surface area (Å²) in [5.41, 5.74) is 0.0755. The van der Waals surface area contributed by atoms with Crippen LogP contribution in [0.4, 0.5) is 9.18 Å². The molecule has 3 rings (SSSR count). The first kappa shape index (κ1) is 16.5. The largest absolute Gasteiger partial charge is 0.325 e. The first-order valence-corrected chi connectivity index (χ1v) is 7.99. The van der Waals surface area contributed by atoms with Crippen molar-refractivity contribution in [2.24, 2.45) is 0 Å². The predicted molar refractivity (Wildman–Crippen MR) is 88.9 cm³/mol. The van der Waals surface area contributed by atoms with Gasteiger partial charge in [0, 0.05) is 5.02 Å². The van der Waals surface area contributed by atoms with Crippen LogP contribution in [0, 0.1) is 5.82 Å². The highest BCUT2D eigenvalue weighted by molar-refractivity contribution is 6.31. The monoisotopic (exact) mass is 346 g/mol. The molecule has 2 aromatic rings. The van der Waals surface area contributed by atoms with Crippen LogP contribution < -0.4 is 5.32 Å². The van der Waals surface area contributed by atoms with Crippen molar-refractivity contribution in [3.05, 3.63) is 70.5 Å². The Labute approximate surface area is 144 Å². The van der Waals surface area contributed by atoms with Crippen molar-refractivity contribution in [3.8, 4) is 0 Å². The van der Waals surface area contributed by atoms with Crippen LogP contribution in [0.3, 0.4) is 0 Å². The van der Waals surface area contributed by atoms with E-state index in [-0.39, 0.29) is 12.5 Å². The first-order chi connectivity index (χ1) is 11.5. The molecule has 0 radical (unpaired) electrons. The van der Waals surface area contributed by atoms with Crippen molar-refractivity contribution >= 4 is 23.5 Å². The summed E-state index contributed by atoms with van der Waals surface area (Å²) in [4.78, 5) is 26.5. The average molecular weight is 347 g/mol. The Morgan fingerprint density at radius 1 is 1.12 bits per heavy atom. The number of hydrogen-bond donors (Lipinski definition) is 1. The fourth-order valence-electron chi connectivity index (χ4n) is 2.94. The van der Waals surface area contributed by atoms with Crippen LogP contribution in [0.15, 0.2) is 48.5 Å². The lowest BCUT2D eigenvalue weighted by molar-refractivity contribution is -0.132. The molecule has 0 unspecified atom stereocenters. The minimum absolute atomic E-state index is 0.0906. The number of nitrogens with one attached hydrogen (secondary N) is 1. The number of benzene rings is 2. The second-order valence-corrected chi connectivity index (χ2v) is 6.09. The molecule has 2 aromatic carbocycles. The van der Waals surface area contributed by atoms with E-state index in [1.54, 1.807) is 31.2 Å². The summed E-state index contributed by atoms with van der Waals surface area (Å²) in [6.45, 7) is 1.90. The minimum atomic E-state index is -1.17. The minimum Gasteiger partial charge on any atom is -0.319 e. The van der Waals surface area contributed by atoms with Crippen molar-refractivity contribution in [2.75, 3.05) is 0 Å². The zero-order valence-electron chi connectivity index (χ0n) is 13.1. The number of carbonyl (C=O) groups excluding carboxylic acids is 2. The molecule has 0 spiro atoms. The highest BCUT2D eigenvalue weighted by atomic mass is 35.5. The first-order valence-electron chi connectivity index (χ1n) is 7.61. The van der Waals surface area contributed by atoms with E-state index in [4.69, 9.17) is 11.6 Å². The lowest BCUT2D eigenvalue weighted by atomic mass is 9.87. The summed E-state index contributed by atoms with van der Waals surface area (Å²) in [7, 11) is 0. The van der Waals surface area contributed by atoms with E-state index >= 15 is 0 Å². The molecule has 1 fully saturated rings. The number of hydrogen-bond acceptors (Lipinski definition) is 2. The van der Waals surface area contributed by atoms with Gasteiger partial charge in [-0.05, 0) is 35.7 Å². The number of carbonyl (C=O) groups is 2. The zero-order chi connectivity index (χ0) is 17.3. The van der Waals surface area contributed by atoms with Crippen LogP contribution in [0.5, 0.6) is 0 Å². The molecule has 0 bridgehead atoms. The Kier molecular flexibility index (Phi) is 4.28. The van der Waals surface area contributed by atoms with Gasteiger partial charge in [0.15, 0.2) is 0 Å². The molecule has 1 heterocycles. The van der Waals surface area contributed by atoms with Crippen molar-refractivity contribution < 1.29 is 14.0 Å². The van der Waals surface area contributed by atoms with Gasteiger partial charge in [-0.25, -0.2) is 9.18 Å². The fraction of sp³-hybridized carbons (Fsp3) is 0.222. The van der Waals surface area contributed by atoms with Crippen LogP contribution >= 0.6 is 11.6 Å². The average Bonchev–Trinajstić information content (AvgIpc) is 2.82. The summed E-state index contributed by atoms with van der Waals surface area (Å²) in [6.07, 6.45) is 0.363. The normalized spacial score (nSPS) is 20.4. The standard InChI is InChI=1S/C18H16ClFN2O2/c1-2-18(13-7-9-14(20)10-8-13)16(23)22(17(24)21-18)11-12-5-3-4-6-15(12)19/h3-10H,2,11H2,1H3,(H,21,24)/t18-/m0/s1. The highest BCUT2D eigenvalue weighted by Gasteiger charge is 2.51. The van der Waals surface area contributed by atoms with E-state index in [0.29, 0.717) is 22.6 Å². The molecule has 0 saturated carbocycles. The van der Waals surface area contributed by atoms with Gasteiger partial charge in [-0.1, -0.05) is 48.9 Å². The van der Waals surface area contributed by atoms with Gasteiger partial charge in [-0.2, -0.15) is 0 Å². The molecule has 1 saturated heterocycles. The molecule has 0 aliphatic carbocycles. The molecular formula is C18H16ClFN2O2. The Hall–Kier alpha value is -2.40. The maximum Gasteiger partial charge on any atom is 0.325 e. The van der Waals surface area contributed by atoms with E-state index < -0.39 is 17.4 Å². The highest BCUT2D eigenvalue weighted by Crippen LogP contribution is 2.33. The van der Waals surface area contributed by atoms with Crippen molar-refractivity contribution in [2.45, 2.75) is 25.4 Å². The number of amides is 3. The molecule has 1 atom stereocenters. The molecule has 24 heavy (non-hydrogen) atoms. The lowest BCUT2D eigenvalue weighted by Crippen LogP contribution is -2.43. The molecular weight excluding hydrogens is 331 g/mol. The van der Waals surface area contributed by atoms with E-state index in [1.165, 1.54) is 24.3 Å². The Bertz CT molecular complexity index is 794. The van der Waals surface area contributed by atoms with Crippen LogP contribution in [-0.4, -0.2) is 16.8 Å². The van der Waals surface area contributed by atoms with Crippen LogP contribution in [-0.2, 0) is 16.9 Å². The van der Waals surface area contributed by atoms with Crippen LogP contribution in [0.2, 0.25) is 5.02 Å². The van der Waals surface area contributed by atoms with Crippen molar-refractivity contribution in [3.63, 3.8) is 0 Å². The number of halogens is 2. The van der Waals surface area contributed by atoms with Gasteiger partial charge in [0.25, 0.3) is 5.91 Å². The van der Waals surface area contributed by atoms with E-state index in [2.05, 4.69) is 5.32 Å². The fourth-order valence-corrected chi connectivity index (χ4v) is 3.14. The maximum atomic E-state index is 13.2. The summed E-state index contributed by atoms with van der Waals surface area (Å²) >= 11 is 6.13. The molecule has 0 aromatic heterocycles. The van der Waals surface area contributed by atoms with Gasteiger partial charge in [0.05, 0.1) is 6.54 Å². The summed E-state index contributed by atoms with van der Waals surface area (Å²) in [6, 6.07) is 12.2. The van der Waals surface area contributed by atoms with Crippen molar-refractivity contribution in [1.82, 2.24) is 10.2 Å². The summed E-state index contributed by atoms with van der Waals surface area (Å²) < 4.78 is 13.2. The smallest absolute Gasteiger partial charge is 0.319 e. The molecule has 3 amide bonds. The molecule has 4 nitrogen and oxygen atoms in total.